The first-order chi connectivity index (χ1) is 16.2. The van der Waals surface area contributed by atoms with Crippen molar-refractivity contribution in [3.05, 3.63) is 81.4 Å². The number of Topliss-reactive ketones (excluding diaryl/α,β-unsaturated/α-hetero) is 1. The maximum absolute atomic E-state index is 13.5. The van der Waals surface area contributed by atoms with Crippen molar-refractivity contribution in [1.82, 2.24) is 0 Å². The zero-order valence-electron chi connectivity index (χ0n) is 19.8. The Balaban J connectivity index is 1.22. The van der Waals surface area contributed by atoms with E-state index in [2.05, 4.69) is 42.5 Å². The van der Waals surface area contributed by atoms with Crippen molar-refractivity contribution in [3.8, 4) is 0 Å². The largest absolute Gasteiger partial charge is 0.299 e. The highest BCUT2D eigenvalue weighted by Crippen LogP contribution is 2.54. The summed E-state index contributed by atoms with van der Waals surface area (Å²) in [6.45, 7) is 0. The molecule has 0 spiro atoms. The van der Waals surface area contributed by atoms with E-state index in [1.54, 1.807) is 27.8 Å². The van der Waals surface area contributed by atoms with Crippen LogP contribution in [0, 0.1) is 23.7 Å². The van der Waals surface area contributed by atoms with E-state index in [-0.39, 0.29) is 5.92 Å². The number of allylic oxidation sites excluding steroid dienone is 2. The molecule has 1 heteroatoms. The number of hydrogen-bond donors (Lipinski definition) is 0. The second-order valence-electron chi connectivity index (χ2n) is 11.7. The first-order valence-corrected chi connectivity index (χ1v) is 13.7. The van der Waals surface area contributed by atoms with E-state index in [0.717, 1.165) is 19.3 Å². The van der Waals surface area contributed by atoms with Crippen LogP contribution in [0.4, 0.5) is 0 Å². The van der Waals surface area contributed by atoms with Gasteiger partial charge in [-0.2, -0.15) is 0 Å². The minimum atomic E-state index is 0.123. The van der Waals surface area contributed by atoms with Gasteiger partial charge in [-0.05, 0) is 116 Å². The summed E-state index contributed by atoms with van der Waals surface area (Å²) in [5.74, 6) is 2.61. The molecule has 0 aliphatic heterocycles. The van der Waals surface area contributed by atoms with E-state index < -0.39 is 0 Å². The van der Waals surface area contributed by atoms with Gasteiger partial charge in [-0.15, -0.1) is 0 Å². The van der Waals surface area contributed by atoms with Crippen molar-refractivity contribution in [1.29, 1.82) is 0 Å². The van der Waals surface area contributed by atoms with Gasteiger partial charge >= 0.3 is 0 Å². The lowest BCUT2D eigenvalue weighted by molar-refractivity contribution is -0.123. The molecule has 2 aromatic rings. The van der Waals surface area contributed by atoms with Crippen LogP contribution in [0.2, 0.25) is 0 Å². The molecule has 0 saturated heterocycles. The monoisotopic (exact) mass is 436 g/mol. The molecule has 4 unspecified atom stereocenters. The number of carbonyl (C=O) groups is 1. The molecule has 0 radical (unpaired) electrons. The van der Waals surface area contributed by atoms with Gasteiger partial charge in [-0.3, -0.25) is 4.79 Å². The summed E-state index contributed by atoms with van der Waals surface area (Å²) in [5.41, 5.74) is 10.9. The third-order valence-corrected chi connectivity index (χ3v) is 9.62. The quantitative estimate of drug-likeness (QED) is 0.464. The predicted molar refractivity (Wildman–Crippen MR) is 134 cm³/mol. The number of aryl methyl sites for hydroxylation is 4. The Morgan fingerprint density at radius 1 is 0.758 bits per heavy atom. The third-order valence-electron chi connectivity index (χ3n) is 9.62. The van der Waals surface area contributed by atoms with Crippen LogP contribution in [-0.2, 0) is 36.9 Å². The summed E-state index contributed by atoms with van der Waals surface area (Å²) < 4.78 is 0. The summed E-state index contributed by atoms with van der Waals surface area (Å²) >= 11 is 0. The van der Waals surface area contributed by atoms with Gasteiger partial charge in [0, 0.05) is 17.8 Å². The number of benzene rings is 2. The molecule has 0 aromatic heterocycles. The van der Waals surface area contributed by atoms with Gasteiger partial charge in [-0.25, -0.2) is 0 Å². The SMILES string of the molecule is O=C(C1CC1)C1C=C2C(Cc3ccc4c(c3)CCC4)CCCC2C1c1ccc2c(c1)CCC2. The molecule has 2 aromatic carbocycles. The number of rotatable bonds is 5. The fourth-order valence-corrected chi connectivity index (χ4v) is 7.82. The molecule has 5 aliphatic carbocycles. The summed E-state index contributed by atoms with van der Waals surface area (Å²) in [7, 11) is 0. The maximum Gasteiger partial charge on any atom is 0.143 e. The minimum absolute atomic E-state index is 0.123. The van der Waals surface area contributed by atoms with E-state index in [1.165, 1.54) is 68.9 Å². The van der Waals surface area contributed by atoms with Gasteiger partial charge < -0.3 is 0 Å². The van der Waals surface area contributed by atoms with Gasteiger partial charge in [0.05, 0.1) is 0 Å². The number of ketones is 1. The molecule has 0 bridgehead atoms. The molecule has 1 nitrogen and oxygen atoms in total. The van der Waals surface area contributed by atoms with Crippen LogP contribution in [0.5, 0.6) is 0 Å². The molecule has 4 atom stereocenters. The summed E-state index contributed by atoms with van der Waals surface area (Å²) in [6, 6.07) is 14.6. The molecule has 0 amide bonds. The van der Waals surface area contributed by atoms with Crippen molar-refractivity contribution in [3.63, 3.8) is 0 Å². The molecule has 33 heavy (non-hydrogen) atoms. The maximum atomic E-state index is 13.5. The average Bonchev–Trinajstić information content (AvgIpc) is 3.23. The van der Waals surface area contributed by atoms with Gasteiger partial charge in [-0.1, -0.05) is 54.5 Å². The van der Waals surface area contributed by atoms with Gasteiger partial charge in [0.25, 0.3) is 0 Å². The lowest BCUT2D eigenvalue weighted by atomic mass is 9.69. The first-order valence-electron chi connectivity index (χ1n) is 13.7. The Morgan fingerprint density at radius 2 is 1.48 bits per heavy atom. The van der Waals surface area contributed by atoms with Gasteiger partial charge in [0.1, 0.15) is 5.78 Å². The van der Waals surface area contributed by atoms with Gasteiger partial charge in [0.2, 0.25) is 0 Å². The number of carbonyl (C=O) groups excluding carboxylic acids is 1. The highest BCUT2D eigenvalue weighted by molar-refractivity contribution is 5.88. The molecule has 7 rings (SSSR count). The number of hydrogen-bond acceptors (Lipinski definition) is 1. The Labute approximate surface area is 198 Å². The Kier molecular flexibility index (Phi) is 4.89. The van der Waals surface area contributed by atoms with Crippen LogP contribution in [0.25, 0.3) is 0 Å². The van der Waals surface area contributed by atoms with Crippen molar-refractivity contribution in [2.75, 3.05) is 0 Å². The van der Waals surface area contributed by atoms with E-state index in [0.29, 0.717) is 29.5 Å². The standard InChI is InChI=1S/C32H36O/c33-32(23-13-14-23)30-19-29-26(17-20-10-11-21-4-1-6-24(21)16-20)8-3-9-28(29)31(30)27-15-12-22-5-2-7-25(22)18-27/h10-12,15-16,18-19,23,26,28,30-31H,1-9,13-14,17H2. The Hall–Kier alpha value is -2.15. The van der Waals surface area contributed by atoms with Crippen LogP contribution in [0.1, 0.15) is 84.2 Å². The lowest BCUT2D eigenvalue weighted by Gasteiger charge is -2.34. The average molecular weight is 437 g/mol. The summed E-state index contributed by atoms with van der Waals surface area (Å²) in [5, 5.41) is 0. The fraction of sp³-hybridized carbons (Fsp3) is 0.531. The molecule has 170 valence electrons. The zero-order chi connectivity index (χ0) is 21.9. The molecule has 0 N–H and O–H groups in total. The molecular weight excluding hydrogens is 400 g/mol. The van der Waals surface area contributed by atoms with Crippen molar-refractivity contribution in [2.45, 2.75) is 83.0 Å². The normalized spacial score (nSPS) is 30.0. The second kappa shape index (κ2) is 7.97. The van der Waals surface area contributed by atoms with Gasteiger partial charge in [0.15, 0.2) is 0 Å². The number of fused-ring (bicyclic) bond motifs is 3. The first kappa shape index (κ1) is 20.2. The fourth-order valence-electron chi connectivity index (χ4n) is 7.82. The van der Waals surface area contributed by atoms with Crippen LogP contribution in [-0.4, -0.2) is 5.78 Å². The Bertz CT molecular complexity index is 1130. The molecule has 2 saturated carbocycles. The zero-order valence-corrected chi connectivity index (χ0v) is 19.8. The lowest BCUT2D eigenvalue weighted by Crippen LogP contribution is -2.26. The summed E-state index contributed by atoms with van der Waals surface area (Å²) in [6.07, 6.45) is 17.4. The highest BCUT2D eigenvalue weighted by atomic mass is 16.1. The van der Waals surface area contributed by atoms with Crippen molar-refractivity contribution < 1.29 is 4.79 Å². The van der Waals surface area contributed by atoms with Crippen LogP contribution in [0.3, 0.4) is 0 Å². The molecule has 5 aliphatic rings. The molecule has 2 fully saturated rings. The Morgan fingerprint density at radius 3 is 2.27 bits per heavy atom. The molecule has 0 heterocycles. The van der Waals surface area contributed by atoms with E-state index in [4.69, 9.17) is 0 Å². The van der Waals surface area contributed by atoms with Crippen LogP contribution < -0.4 is 0 Å². The third kappa shape index (κ3) is 3.54. The van der Waals surface area contributed by atoms with Crippen LogP contribution in [0.15, 0.2) is 48.0 Å². The molecular formula is C32H36O. The van der Waals surface area contributed by atoms with E-state index in [9.17, 15) is 4.79 Å². The highest BCUT2D eigenvalue weighted by Gasteiger charge is 2.47. The topological polar surface area (TPSA) is 17.1 Å². The smallest absolute Gasteiger partial charge is 0.143 e. The van der Waals surface area contributed by atoms with Crippen LogP contribution >= 0.6 is 0 Å². The van der Waals surface area contributed by atoms with E-state index >= 15 is 0 Å². The minimum Gasteiger partial charge on any atom is -0.299 e. The second-order valence-corrected chi connectivity index (χ2v) is 11.7. The predicted octanol–water partition coefficient (Wildman–Crippen LogP) is 6.94. The van der Waals surface area contributed by atoms with Crippen molar-refractivity contribution in [2.24, 2.45) is 23.7 Å². The van der Waals surface area contributed by atoms with E-state index in [1.807, 2.05) is 0 Å². The summed E-state index contributed by atoms with van der Waals surface area (Å²) in [4.78, 5) is 13.5. The van der Waals surface area contributed by atoms with Crippen molar-refractivity contribution >= 4 is 5.78 Å².